The summed E-state index contributed by atoms with van der Waals surface area (Å²) < 4.78 is 39.8. The molecule has 6 heteroatoms. The van der Waals surface area contributed by atoms with E-state index in [4.69, 9.17) is 5.73 Å². The molecule has 112 valence electrons. The highest BCUT2D eigenvalue weighted by molar-refractivity contribution is 7.92. The van der Waals surface area contributed by atoms with E-state index in [-0.39, 0.29) is 10.6 Å². The highest BCUT2D eigenvalue weighted by atomic mass is 32.2. The van der Waals surface area contributed by atoms with E-state index in [1.54, 1.807) is 26.0 Å². The molecule has 0 radical (unpaired) electrons. The molecule has 0 fully saturated rings. The fourth-order valence-corrected chi connectivity index (χ4v) is 3.60. The van der Waals surface area contributed by atoms with Crippen molar-refractivity contribution >= 4 is 21.4 Å². The Morgan fingerprint density at radius 2 is 1.81 bits per heavy atom. The molecule has 0 amide bonds. The number of nitrogen functional groups attached to an aromatic ring is 1. The van der Waals surface area contributed by atoms with Gasteiger partial charge in [-0.05, 0) is 55.3 Å². The van der Waals surface area contributed by atoms with Crippen LogP contribution in [0.15, 0.2) is 41.3 Å². The van der Waals surface area contributed by atoms with E-state index in [0.717, 1.165) is 9.87 Å². The van der Waals surface area contributed by atoms with Gasteiger partial charge >= 0.3 is 0 Å². The number of benzene rings is 2. The number of rotatable bonds is 3. The fraction of sp³-hybridized carbons (Fsp3) is 0.200. The fourth-order valence-electron chi connectivity index (χ4n) is 2.08. The van der Waals surface area contributed by atoms with Gasteiger partial charge in [0, 0.05) is 12.7 Å². The van der Waals surface area contributed by atoms with E-state index in [1.807, 2.05) is 0 Å². The largest absolute Gasteiger partial charge is 0.398 e. The zero-order valence-electron chi connectivity index (χ0n) is 12.1. The standard InChI is InChI=1S/C15H17FN2O2S/c1-10-7-14(17)11(2)15(8-10)21(19,20)18(3)13-6-4-5-12(16)9-13/h4-9H,17H2,1-3H3. The van der Waals surface area contributed by atoms with Gasteiger partial charge in [-0.3, -0.25) is 4.31 Å². The van der Waals surface area contributed by atoms with Crippen LogP contribution in [0, 0.1) is 19.7 Å². The van der Waals surface area contributed by atoms with Crippen molar-refractivity contribution < 1.29 is 12.8 Å². The average Bonchev–Trinajstić information content (AvgIpc) is 2.41. The number of sulfonamides is 1. The van der Waals surface area contributed by atoms with E-state index in [2.05, 4.69) is 0 Å². The zero-order valence-corrected chi connectivity index (χ0v) is 12.9. The maximum Gasteiger partial charge on any atom is 0.264 e. The molecule has 0 heterocycles. The van der Waals surface area contributed by atoms with Crippen molar-refractivity contribution in [3.8, 4) is 0 Å². The monoisotopic (exact) mass is 308 g/mol. The molecule has 0 aliphatic rings. The van der Waals surface area contributed by atoms with Gasteiger partial charge in [0.2, 0.25) is 0 Å². The molecule has 2 N–H and O–H groups in total. The van der Waals surface area contributed by atoms with Gasteiger partial charge < -0.3 is 5.73 Å². The molecular formula is C15H17FN2O2S. The Balaban J connectivity index is 2.57. The first-order chi connectivity index (χ1) is 9.73. The first-order valence-electron chi connectivity index (χ1n) is 6.34. The molecule has 0 saturated heterocycles. The van der Waals surface area contributed by atoms with Crippen LogP contribution in [0.5, 0.6) is 0 Å². The highest BCUT2D eigenvalue weighted by Crippen LogP contribution is 2.28. The lowest BCUT2D eigenvalue weighted by atomic mass is 10.1. The minimum absolute atomic E-state index is 0.131. The number of nitrogens with zero attached hydrogens (tertiary/aromatic N) is 1. The van der Waals surface area contributed by atoms with Crippen LogP contribution in [-0.2, 0) is 10.0 Å². The van der Waals surface area contributed by atoms with Crippen LogP contribution in [-0.4, -0.2) is 15.5 Å². The number of nitrogens with two attached hydrogens (primary N) is 1. The Morgan fingerprint density at radius 3 is 2.43 bits per heavy atom. The van der Waals surface area contributed by atoms with Gasteiger partial charge in [-0.2, -0.15) is 0 Å². The summed E-state index contributed by atoms with van der Waals surface area (Å²) in [5, 5.41) is 0. The number of anilines is 2. The minimum Gasteiger partial charge on any atom is -0.398 e. The Labute approximate surface area is 124 Å². The normalized spacial score (nSPS) is 11.4. The molecule has 21 heavy (non-hydrogen) atoms. The molecule has 0 atom stereocenters. The smallest absolute Gasteiger partial charge is 0.264 e. The summed E-state index contributed by atoms with van der Waals surface area (Å²) in [6, 6.07) is 8.72. The lowest BCUT2D eigenvalue weighted by Crippen LogP contribution is -2.27. The zero-order chi connectivity index (χ0) is 15.8. The Kier molecular flexibility index (Phi) is 3.91. The topological polar surface area (TPSA) is 63.4 Å². The molecule has 0 aliphatic carbocycles. The van der Waals surface area contributed by atoms with E-state index >= 15 is 0 Å². The van der Waals surface area contributed by atoms with Gasteiger partial charge in [-0.1, -0.05) is 6.07 Å². The molecule has 0 bridgehead atoms. The second-order valence-corrected chi connectivity index (χ2v) is 6.87. The predicted octanol–water partition coefficient (Wildman–Crippen LogP) is 2.85. The average molecular weight is 308 g/mol. The van der Waals surface area contributed by atoms with Gasteiger partial charge in [0.05, 0.1) is 10.6 Å². The SMILES string of the molecule is Cc1cc(N)c(C)c(S(=O)(=O)N(C)c2cccc(F)c2)c1. The molecule has 2 aromatic rings. The lowest BCUT2D eigenvalue weighted by Gasteiger charge is -2.21. The second-order valence-electron chi connectivity index (χ2n) is 4.93. The van der Waals surface area contributed by atoms with Crippen molar-refractivity contribution in [1.82, 2.24) is 0 Å². The molecule has 0 saturated carbocycles. The summed E-state index contributed by atoms with van der Waals surface area (Å²) in [4.78, 5) is 0.131. The van der Waals surface area contributed by atoms with Gasteiger partial charge in [-0.15, -0.1) is 0 Å². The van der Waals surface area contributed by atoms with E-state index in [0.29, 0.717) is 11.3 Å². The molecular weight excluding hydrogens is 291 g/mol. The summed E-state index contributed by atoms with van der Waals surface area (Å²) in [6.45, 7) is 3.43. The third kappa shape index (κ3) is 2.85. The Morgan fingerprint density at radius 1 is 1.14 bits per heavy atom. The number of aryl methyl sites for hydroxylation is 1. The highest BCUT2D eigenvalue weighted by Gasteiger charge is 2.24. The van der Waals surface area contributed by atoms with Crippen molar-refractivity contribution in [2.75, 3.05) is 17.1 Å². The molecule has 2 rings (SSSR count). The van der Waals surface area contributed by atoms with Gasteiger partial charge in [-0.25, -0.2) is 12.8 Å². The van der Waals surface area contributed by atoms with Crippen LogP contribution in [0.4, 0.5) is 15.8 Å². The lowest BCUT2D eigenvalue weighted by molar-refractivity contribution is 0.593. The van der Waals surface area contributed by atoms with Gasteiger partial charge in [0.25, 0.3) is 10.0 Å². The van der Waals surface area contributed by atoms with Gasteiger partial charge in [0.1, 0.15) is 5.82 Å². The minimum atomic E-state index is -3.80. The van der Waals surface area contributed by atoms with Crippen LogP contribution in [0.3, 0.4) is 0 Å². The number of hydrogen-bond donors (Lipinski definition) is 1. The molecule has 0 aromatic heterocycles. The van der Waals surface area contributed by atoms with Crippen LogP contribution >= 0.6 is 0 Å². The summed E-state index contributed by atoms with van der Waals surface area (Å²) >= 11 is 0. The van der Waals surface area contributed by atoms with Crippen LogP contribution in [0.25, 0.3) is 0 Å². The van der Waals surface area contributed by atoms with Crippen LogP contribution < -0.4 is 10.0 Å². The number of hydrogen-bond acceptors (Lipinski definition) is 3. The number of halogens is 1. The molecule has 0 spiro atoms. The molecule has 4 nitrogen and oxygen atoms in total. The predicted molar refractivity (Wildman–Crippen MR) is 82.3 cm³/mol. The van der Waals surface area contributed by atoms with E-state index in [1.165, 1.54) is 31.3 Å². The maximum absolute atomic E-state index is 13.3. The summed E-state index contributed by atoms with van der Waals surface area (Å²) in [6.07, 6.45) is 0. The molecule has 0 unspecified atom stereocenters. The summed E-state index contributed by atoms with van der Waals surface area (Å²) in [5.41, 5.74) is 7.76. The van der Waals surface area contributed by atoms with Crippen molar-refractivity contribution in [2.45, 2.75) is 18.7 Å². The van der Waals surface area contributed by atoms with Crippen molar-refractivity contribution in [3.05, 3.63) is 53.3 Å². The maximum atomic E-state index is 13.3. The summed E-state index contributed by atoms with van der Waals surface area (Å²) in [7, 11) is -2.41. The van der Waals surface area contributed by atoms with Crippen molar-refractivity contribution in [2.24, 2.45) is 0 Å². The third-order valence-corrected chi connectivity index (χ3v) is 5.27. The third-order valence-electron chi connectivity index (χ3n) is 3.35. The first kappa shape index (κ1) is 15.3. The quantitative estimate of drug-likeness (QED) is 0.887. The molecule has 0 aliphatic heterocycles. The first-order valence-corrected chi connectivity index (χ1v) is 7.78. The van der Waals surface area contributed by atoms with Crippen molar-refractivity contribution in [3.63, 3.8) is 0 Å². The second kappa shape index (κ2) is 5.37. The van der Waals surface area contributed by atoms with E-state index in [9.17, 15) is 12.8 Å². The Bertz CT molecular complexity index is 788. The van der Waals surface area contributed by atoms with Crippen molar-refractivity contribution in [1.29, 1.82) is 0 Å². The summed E-state index contributed by atoms with van der Waals surface area (Å²) in [5.74, 6) is -0.491. The molecule has 2 aromatic carbocycles. The Hall–Kier alpha value is -2.08. The van der Waals surface area contributed by atoms with Gasteiger partial charge in [0.15, 0.2) is 0 Å². The van der Waals surface area contributed by atoms with Crippen LogP contribution in [0.2, 0.25) is 0 Å². The van der Waals surface area contributed by atoms with Crippen LogP contribution in [0.1, 0.15) is 11.1 Å². The van der Waals surface area contributed by atoms with E-state index < -0.39 is 15.8 Å².